The van der Waals surface area contributed by atoms with Crippen LogP contribution in [-0.2, 0) is 9.78 Å². The van der Waals surface area contributed by atoms with E-state index in [1.165, 1.54) is 18.4 Å². The predicted molar refractivity (Wildman–Crippen MR) is 67.5 cm³/mol. The highest BCUT2D eigenvalue weighted by Crippen LogP contribution is 2.25. The fourth-order valence-electron chi connectivity index (χ4n) is 2.31. The highest BCUT2D eigenvalue weighted by Gasteiger charge is 2.22. The molecule has 17 heavy (non-hydrogen) atoms. The van der Waals surface area contributed by atoms with Crippen molar-refractivity contribution in [1.82, 2.24) is 5.32 Å². The average Bonchev–Trinajstić information content (AvgIpc) is 2.41. The van der Waals surface area contributed by atoms with Crippen LogP contribution in [0, 0.1) is 0 Å². The zero-order valence-corrected chi connectivity index (χ0v) is 10.4. The van der Waals surface area contributed by atoms with Crippen molar-refractivity contribution in [2.45, 2.75) is 38.3 Å². The molecule has 0 amide bonds. The number of benzene rings is 1. The predicted octanol–water partition coefficient (Wildman–Crippen LogP) is 2.84. The minimum absolute atomic E-state index is 0.403. The Hall–Kier alpha value is -0.900. The quantitative estimate of drug-likeness (QED) is 0.483. The van der Waals surface area contributed by atoms with Crippen molar-refractivity contribution in [1.29, 1.82) is 0 Å². The van der Waals surface area contributed by atoms with Crippen LogP contribution in [0.25, 0.3) is 0 Å². The van der Waals surface area contributed by atoms with Gasteiger partial charge in [-0.3, -0.25) is 0 Å². The van der Waals surface area contributed by atoms with Crippen molar-refractivity contribution in [3.05, 3.63) is 35.9 Å². The Balaban J connectivity index is 1.84. The zero-order chi connectivity index (χ0) is 11.9. The molecule has 1 heterocycles. The number of hydrogen-bond donors (Lipinski definition) is 1. The molecule has 1 N–H and O–H groups in total. The van der Waals surface area contributed by atoms with Gasteiger partial charge in [-0.15, -0.1) is 0 Å². The van der Waals surface area contributed by atoms with Crippen LogP contribution in [0.15, 0.2) is 30.3 Å². The summed E-state index contributed by atoms with van der Waals surface area (Å²) in [4.78, 5) is 10.1. The van der Waals surface area contributed by atoms with Crippen LogP contribution in [0.4, 0.5) is 0 Å². The van der Waals surface area contributed by atoms with Crippen LogP contribution in [-0.4, -0.2) is 19.3 Å². The van der Waals surface area contributed by atoms with E-state index in [1.807, 2.05) is 6.92 Å². The number of nitrogens with one attached hydrogen (secondary N) is 1. The normalized spacial score (nSPS) is 24.8. The summed E-state index contributed by atoms with van der Waals surface area (Å²) in [5.41, 5.74) is 1.37. The molecular formula is C14H21NO2. The van der Waals surface area contributed by atoms with Gasteiger partial charge in [0.2, 0.25) is 0 Å². The minimum atomic E-state index is 0.403. The van der Waals surface area contributed by atoms with Crippen molar-refractivity contribution in [3.63, 3.8) is 0 Å². The Morgan fingerprint density at radius 3 is 2.76 bits per heavy atom. The first kappa shape index (κ1) is 12.6. The Labute approximate surface area is 103 Å². The molecule has 0 radical (unpaired) electrons. The molecular weight excluding hydrogens is 214 g/mol. The number of rotatable bonds is 5. The van der Waals surface area contributed by atoms with Crippen molar-refractivity contribution in [2.75, 3.05) is 13.2 Å². The van der Waals surface area contributed by atoms with E-state index in [-0.39, 0.29) is 0 Å². The molecule has 0 spiro atoms. The summed E-state index contributed by atoms with van der Waals surface area (Å²) >= 11 is 0. The summed E-state index contributed by atoms with van der Waals surface area (Å²) in [6, 6.07) is 11.5. The van der Waals surface area contributed by atoms with Crippen LogP contribution < -0.4 is 5.32 Å². The monoisotopic (exact) mass is 235 g/mol. The molecule has 1 fully saturated rings. The van der Waals surface area contributed by atoms with E-state index in [0.29, 0.717) is 25.3 Å². The van der Waals surface area contributed by atoms with Crippen molar-refractivity contribution in [3.8, 4) is 0 Å². The molecule has 3 nitrogen and oxygen atoms in total. The first-order valence-corrected chi connectivity index (χ1v) is 6.45. The van der Waals surface area contributed by atoms with Gasteiger partial charge in [0.05, 0.1) is 13.2 Å². The second-order valence-corrected chi connectivity index (χ2v) is 4.45. The third kappa shape index (κ3) is 3.80. The molecule has 0 unspecified atom stereocenters. The summed E-state index contributed by atoms with van der Waals surface area (Å²) in [6.45, 7) is 3.17. The Bertz CT molecular complexity index is 315. The standard InChI is InChI=1S/C14H21NO2/c1-2-16-17-11-13-9-6-10-14(15-13)12-7-4-3-5-8-12/h3-5,7-8,13-15H,2,6,9-11H2,1H3/t13-,14+/m1/s1. The third-order valence-corrected chi connectivity index (χ3v) is 3.15. The largest absolute Gasteiger partial charge is 0.305 e. The maximum absolute atomic E-state index is 5.14. The van der Waals surface area contributed by atoms with Crippen molar-refractivity contribution in [2.24, 2.45) is 0 Å². The molecule has 1 saturated heterocycles. The summed E-state index contributed by atoms with van der Waals surface area (Å²) in [6.07, 6.45) is 3.61. The van der Waals surface area contributed by atoms with Gasteiger partial charge in [-0.1, -0.05) is 30.3 Å². The molecule has 0 saturated carbocycles. The van der Waals surface area contributed by atoms with E-state index in [2.05, 4.69) is 35.6 Å². The number of piperidine rings is 1. The summed E-state index contributed by atoms with van der Waals surface area (Å²) in [5, 5.41) is 3.62. The Morgan fingerprint density at radius 1 is 1.18 bits per heavy atom. The Morgan fingerprint density at radius 2 is 2.00 bits per heavy atom. The van der Waals surface area contributed by atoms with Crippen molar-refractivity contribution < 1.29 is 9.78 Å². The van der Waals surface area contributed by atoms with E-state index in [9.17, 15) is 0 Å². The molecule has 2 atom stereocenters. The van der Waals surface area contributed by atoms with E-state index in [0.717, 1.165) is 6.42 Å². The molecule has 0 aliphatic carbocycles. The smallest absolute Gasteiger partial charge is 0.0975 e. The van der Waals surface area contributed by atoms with Gasteiger partial charge in [0.15, 0.2) is 0 Å². The lowest BCUT2D eigenvalue weighted by Crippen LogP contribution is -2.40. The summed E-state index contributed by atoms with van der Waals surface area (Å²) < 4.78 is 0. The second kappa shape index (κ2) is 6.74. The third-order valence-electron chi connectivity index (χ3n) is 3.15. The van der Waals surface area contributed by atoms with Gasteiger partial charge in [0.25, 0.3) is 0 Å². The second-order valence-electron chi connectivity index (χ2n) is 4.45. The lowest BCUT2D eigenvalue weighted by Gasteiger charge is -2.30. The zero-order valence-electron chi connectivity index (χ0n) is 10.4. The minimum Gasteiger partial charge on any atom is -0.305 e. The topological polar surface area (TPSA) is 30.5 Å². The molecule has 94 valence electrons. The van der Waals surface area contributed by atoms with E-state index in [1.54, 1.807) is 0 Å². The molecule has 1 aliphatic rings. The maximum Gasteiger partial charge on any atom is 0.0975 e. The van der Waals surface area contributed by atoms with E-state index in [4.69, 9.17) is 9.78 Å². The van der Waals surface area contributed by atoms with Gasteiger partial charge in [0.1, 0.15) is 0 Å². The SMILES string of the molecule is CCOOC[C@H]1CCC[C@@H](c2ccccc2)N1. The number of hydrogen-bond acceptors (Lipinski definition) is 3. The first-order chi connectivity index (χ1) is 8.40. The van der Waals surface area contributed by atoms with Crippen LogP contribution in [0.1, 0.15) is 37.8 Å². The highest BCUT2D eigenvalue weighted by atomic mass is 17.2. The van der Waals surface area contributed by atoms with Gasteiger partial charge < -0.3 is 5.32 Å². The van der Waals surface area contributed by atoms with Crippen LogP contribution >= 0.6 is 0 Å². The molecule has 1 aromatic carbocycles. The lowest BCUT2D eigenvalue weighted by molar-refractivity contribution is -0.295. The molecule has 0 bridgehead atoms. The maximum atomic E-state index is 5.14. The van der Waals surface area contributed by atoms with Gasteiger partial charge in [-0.05, 0) is 31.7 Å². The van der Waals surface area contributed by atoms with Gasteiger partial charge in [0, 0.05) is 12.1 Å². The van der Waals surface area contributed by atoms with Gasteiger partial charge in [-0.25, -0.2) is 9.78 Å². The molecule has 3 heteroatoms. The lowest BCUT2D eigenvalue weighted by atomic mass is 9.94. The van der Waals surface area contributed by atoms with E-state index < -0.39 is 0 Å². The molecule has 1 aromatic rings. The molecule has 0 aromatic heterocycles. The fraction of sp³-hybridized carbons (Fsp3) is 0.571. The van der Waals surface area contributed by atoms with Crippen LogP contribution in [0.2, 0.25) is 0 Å². The summed E-state index contributed by atoms with van der Waals surface area (Å²) in [7, 11) is 0. The molecule has 2 rings (SSSR count). The molecule has 1 aliphatic heterocycles. The average molecular weight is 235 g/mol. The fourth-order valence-corrected chi connectivity index (χ4v) is 2.31. The van der Waals surface area contributed by atoms with Crippen LogP contribution in [0.3, 0.4) is 0 Å². The van der Waals surface area contributed by atoms with Gasteiger partial charge >= 0.3 is 0 Å². The van der Waals surface area contributed by atoms with Gasteiger partial charge in [-0.2, -0.15) is 0 Å². The van der Waals surface area contributed by atoms with Crippen molar-refractivity contribution >= 4 is 0 Å². The van der Waals surface area contributed by atoms with Crippen LogP contribution in [0.5, 0.6) is 0 Å². The highest BCUT2D eigenvalue weighted by molar-refractivity contribution is 5.19. The Kier molecular flexibility index (Phi) is 4.98. The summed E-state index contributed by atoms with van der Waals surface area (Å²) in [5.74, 6) is 0. The first-order valence-electron chi connectivity index (χ1n) is 6.45. The van der Waals surface area contributed by atoms with E-state index >= 15 is 0 Å².